The second-order valence-corrected chi connectivity index (χ2v) is 5.39. The van der Waals surface area contributed by atoms with Gasteiger partial charge in [-0.15, -0.1) is 0 Å². The van der Waals surface area contributed by atoms with Crippen molar-refractivity contribution in [3.8, 4) is 0 Å². The van der Waals surface area contributed by atoms with Gasteiger partial charge in [0.25, 0.3) is 0 Å². The Morgan fingerprint density at radius 3 is 2.67 bits per heavy atom. The van der Waals surface area contributed by atoms with E-state index in [1.54, 1.807) is 11.0 Å². The van der Waals surface area contributed by atoms with Gasteiger partial charge in [-0.1, -0.05) is 48.0 Å². The number of benzene rings is 2. The molecule has 2 nitrogen and oxygen atoms in total. The normalized spacial score (nSPS) is 17.7. The molecule has 1 aliphatic heterocycles. The zero-order valence-corrected chi connectivity index (χ0v) is 11.9. The number of halogens is 2. The molecule has 1 amide bonds. The van der Waals surface area contributed by atoms with Gasteiger partial charge < -0.3 is 4.90 Å². The Hall–Kier alpha value is -2.13. The Kier molecular flexibility index (Phi) is 3.76. The lowest BCUT2D eigenvalue weighted by Crippen LogP contribution is -2.22. The topological polar surface area (TPSA) is 20.3 Å². The number of hydrogen-bond acceptors (Lipinski definition) is 1. The maximum absolute atomic E-state index is 14.0. The molecule has 106 valence electrons. The van der Waals surface area contributed by atoms with Crippen molar-refractivity contribution in [2.24, 2.45) is 0 Å². The van der Waals surface area contributed by atoms with Gasteiger partial charge in [-0.25, -0.2) is 4.39 Å². The van der Waals surface area contributed by atoms with Crippen LogP contribution in [0.4, 0.5) is 4.39 Å². The summed E-state index contributed by atoms with van der Waals surface area (Å²) in [5.74, 6) is -0.329. The Morgan fingerprint density at radius 2 is 1.95 bits per heavy atom. The van der Waals surface area contributed by atoms with E-state index in [2.05, 4.69) is 0 Å². The first kappa shape index (κ1) is 13.8. The van der Waals surface area contributed by atoms with E-state index in [9.17, 15) is 9.18 Å². The van der Waals surface area contributed by atoms with Crippen molar-refractivity contribution in [1.29, 1.82) is 0 Å². The average molecular weight is 302 g/mol. The Bertz CT molecular complexity index is 699. The SMILES string of the molecule is O=CN1CC(c2cc(Cl)ccc2F)=CC1c1ccccc1. The van der Waals surface area contributed by atoms with E-state index in [0.29, 0.717) is 17.1 Å². The monoisotopic (exact) mass is 301 g/mol. The van der Waals surface area contributed by atoms with E-state index in [-0.39, 0.29) is 11.9 Å². The molecular formula is C17H13ClFNO. The molecule has 4 heteroatoms. The first-order valence-corrected chi connectivity index (χ1v) is 6.99. The van der Waals surface area contributed by atoms with Gasteiger partial charge in [0, 0.05) is 17.1 Å². The van der Waals surface area contributed by atoms with E-state index >= 15 is 0 Å². The van der Waals surface area contributed by atoms with Gasteiger partial charge in [0.05, 0.1) is 6.04 Å². The second-order valence-electron chi connectivity index (χ2n) is 4.95. The fraction of sp³-hybridized carbons (Fsp3) is 0.118. The van der Waals surface area contributed by atoms with Crippen LogP contribution in [0.3, 0.4) is 0 Å². The number of carbonyl (C=O) groups excluding carboxylic acids is 1. The zero-order chi connectivity index (χ0) is 14.8. The number of nitrogens with zero attached hydrogens (tertiary/aromatic N) is 1. The molecule has 0 aromatic heterocycles. The maximum Gasteiger partial charge on any atom is 0.210 e. The number of amides is 1. The molecule has 0 radical (unpaired) electrons. The third-order valence-corrected chi connectivity index (χ3v) is 3.86. The molecule has 1 atom stereocenters. The summed E-state index contributed by atoms with van der Waals surface area (Å²) in [5, 5.41) is 0.480. The highest BCUT2D eigenvalue weighted by atomic mass is 35.5. The van der Waals surface area contributed by atoms with Crippen LogP contribution >= 0.6 is 11.6 Å². The van der Waals surface area contributed by atoms with Gasteiger partial charge in [0.1, 0.15) is 5.82 Å². The van der Waals surface area contributed by atoms with Crippen molar-refractivity contribution in [2.45, 2.75) is 6.04 Å². The predicted molar refractivity (Wildman–Crippen MR) is 81.3 cm³/mol. The van der Waals surface area contributed by atoms with Gasteiger partial charge in [-0.3, -0.25) is 4.79 Å². The van der Waals surface area contributed by atoms with Crippen molar-refractivity contribution in [3.63, 3.8) is 0 Å². The minimum Gasteiger partial charge on any atom is -0.330 e. The quantitative estimate of drug-likeness (QED) is 0.782. The van der Waals surface area contributed by atoms with Gasteiger partial charge in [-0.05, 0) is 29.3 Å². The number of hydrogen-bond donors (Lipinski definition) is 0. The lowest BCUT2D eigenvalue weighted by atomic mass is 10.0. The summed E-state index contributed by atoms with van der Waals surface area (Å²) in [7, 11) is 0. The molecule has 3 rings (SSSR count). The summed E-state index contributed by atoms with van der Waals surface area (Å²) in [6.07, 6.45) is 2.71. The van der Waals surface area contributed by atoms with Gasteiger partial charge in [0.2, 0.25) is 6.41 Å². The van der Waals surface area contributed by atoms with E-state index in [1.807, 2.05) is 36.4 Å². The molecule has 2 aromatic rings. The molecule has 0 bridgehead atoms. The van der Waals surface area contributed by atoms with E-state index in [1.165, 1.54) is 12.1 Å². The van der Waals surface area contributed by atoms with Crippen LogP contribution in [0, 0.1) is 5.82 Å². The fourth-order valence-electron chi connectivity index (χ4n) is 2.59. The zero-order valence-electron chi connectivity index (χ0n) is 11.2. The molecule has 2 aromatic carbocycles. The van der Waals surface area contributed by atoms with Crippen LogP contribution in [0.15, 0.2) is 54.6 Å². The summed E-state index contributed by atoms with van der Waals surface area (Å²) >= 11 is 5.94. The van der Waals surface area contributed by atoms with Crippen LogP contribution < -0.4 is 0 Å². The summed E-state index contributed by atoms with van der Waals surface area (Å²) in [5.41, 5.74) is 2.23. The van der Waals surface area contributed by atoms with Crippen LogP contribution in [0.25, 0.3) is 5.57 Å². The van der Waals surface area contributed by atoms with E-state index in [4.69, 9.17) is 11.6 Å². The number of carbonyl (C=O) groups is 1. The highest BCUT2D eigenvalue weighted by molar-refractivity contribution is 6.30. The van der Waals surface area contributed by atoms with Crippen LogP contribution in [-0.2, 0) is 4.79 Å². The molecule has 0 aliphatic carbocycles. The Balaban J connectivity index is 2.01. The van der Waals surface area contributed by atoms with E-state index < -0.39 is 0 Å². The van der Waals surface area contributed by atoms with Gasteiger partial charge in [0.15, 0.2) is 0 Å². The molecule has 0 saturated heterocycles. The van der Waals surface area contributed by atoms with Crippen molar-refractivity contribution < 1.29 is 9.18 Å². The van der Waals surface area contributed by atoms with Crippen molar-refractivity contribution >= 4 is 23.6 Å². The first-order valence-electron chi connectivity index (χ1n) is 6.61. The lowest BCUT2D eigenvalue weighted by Gasteiger charge is -2.19. The van der Waals surface area contributed by atoms with Crippen molar-refractivity contribution in [1.82, 2.24) is 4.90 Å². The molecular weight excluding hydrogens is 289 g/mol. The third-order valence-electron chi connectivity index (χ3n) is 3.62. The van der Waals surface area contributed by atoms with Crippen molar-refractivity contribution in [3.05, 3.63) is 76.6 Å². The number of rotatable bonds is 3. The van der Waals surface area contributed by atoms with Crippen LogP contribution in [0.1, 0.15) is 17.2 Å². The molecule has 21 heavy (non-hydrogen) atoms. The molecule has 0 fully saturated rings. The minimum absolute atomic E-state index is 0.169. The average Bonchev–Trinajstić information content (AvgIpc) is 2.94. The largest absolute Gasteiger partial charge is 0.330 e. The molecule has 1 aliphatic rings. The fourth-order valence-corrected chi connectivity index (χ4v) is 2.77. The molecule has 1 unspecified atom stereocenters. The van der Waals surface area contributed by atoms with Crippen molar-refractivity contribution in [2.75, 3.05) is 6.54 Å². The van der Waals surface area contributed by atoms with Gasteiger partial charge >= 0.3 is 0 Å². The van der Waals surface area contributed by atoms with Crippen LogP contribution in [-0.4, -0.2) is 17.9 Å². The Labute approximate surface area is 127 Å². The van der Waals surface area contributed by atoms with Crippen LogP contribution in [0.5, 0.6) is 0 Å². The molecule has 0 spiro atoms. The highest BCUT2D eigenvalue weighted by Gasteiger charge is 2.26. The summed E-state index contributed by atoms with van der Waals surface area (Å²) in [4.78, 5) is 12.9. The second kappa shape index (κ2) is 5.70. The molecule has 0 N–H and O–H groups in total. The smallest absolute Gasteiger partial charge is 0.210 e. The van der Waals surface area contributed by atoms with Gasteiger partial charge in [-0.2, -0.15) is 0 Å². The molecule has 0 saturated carbocycles. The summed E-state index contributed by atoms with van der Waals surface area (Å²) < 4.78 is 14.0. The predicted octanol–water partition coefficient (Wildman–Crippen LogP) is 4.08. The molecule has 1 heterocycles. The third kappa shape index (κ3) is 2.69. The van der Waals surface area contributed by atoms with Crippen LogP contribution in [0.2, 0.25) is 5.02 Å². The Morgan fingerprint density at radius 1 is 1.19 bits per heavy atom. The van der Waals surface area contributed by atoms with E-state index in [0.717, 1.165) is 17.5 Å². The lowest BCUT2D eigenvalue weighted by molar-refractivity contribution is -0.118. The standard InChI is InChI=1S/C17H13ClFNO/c18-14-6-7-16(19)15(9-14)13-8-17(20(10-13)11-21)12-4-2-1-3-5-12/h1-9,11,17H,10H2. The summed E-state index contributed by atoms with van der Waals surface area (Å²) in [6, 6.07) is 14.0. The summed E-state index contributed by atoms with van der Waals surface area (Å²) in [6.45, 7) is 0.375. The highest BCUT2D eigenvalue weighted by Crippen LogP contribution is 2.35. The maximum atomic E-state index is 14.0. The first-order chi connectivity index (χ1) is 10.2. The minimum atomic E-state index is -0.329.